The summed E-state index contributed by atoms with van der Waals surface area (Å²) in [5, 5.41) is 24.7. The van der Waals surface area contributed by atoms with Gasteiger partial charge < -0.3 is 29.9 Å². The van der Waals surface area contributed by atoms with Crippen LogP contribution < -0.4 is 10.2 Å². The topological polar surface area (TPSA) is 113 Å². The van der Waals surface area contributed by atoms with Crippen LogP contribution in [0.1, 0.15) is 38.1 Å². The van der Waals surface area contributed by atoms with E-state index in [0.717, 1.165) is 48.9 Å². The van der Waals surface area contributed by atoms with Crippen molar-refractivity contribution in [3.05, 3.63) is 28.7 Å². The Morgan fingerprint density at radius 3 is 2.58 bits per heavy atom. The highest BCUT2D eigenvalue weighted by atomic mass is 35.5. The number of anilines is 2. The molecule has 2 atom stereocenters. The van der Waals surface area contributed by atoms with Crippen molar-refractivity contribution in [2.75, 3.05) is 49.7 Å². The maximum Gasteiger partial charge on any atom is 0.153 e. The number of halogens is 1. The van der Waals surface area contributed by atoms with Crippen LogP contribution in [-0.2, 0) is 16.1 Å². The first-order valence-corrected chi connectivity index (χ1v) is 13.6. The van der Waals surface area contributed by atoms with Gasteiger partial charge in [-0.05, 0) is 38.7 Å². The smallest absolute Gasteiger partial charge is 0.153 e. The van der Waals surface area contributed by atoms with Gasteiger partial charge in [-0.1, -0.05) is 30.3 Å². The van der Waals surface area contributed by atoms with Crippen molar-refractivity contribution in [3.8, 4) is 0 Å². The van der Waals surface area contributed by atoms with Gasteiger partial charge in [-0.3, -0.25) is 0 Å². The van der Waals surface area contributed by atoms with Crippen molar-refractivity contribution in [3.63, 3.8) is 0 Å². The van der Waals surface area contributed by atoms with Crippen LogP contribution >= 0.6 is 23.4 Å². The largest absolute Gasteiger partial charge is 0.390 e. The van der Waals surface area contributed by atoms with Crippen LogP contribution in [0.4, 0.5) is 11.6 Å². The van der Waals surface area contributed by atoms with Crippen molar-refractivity contribution in [2.24, 2.45) is 11.3 Å². The molecule has 0 aliphatic carbocycles. The summed E-state index contributed by atoms with van der Waals surface area (Å²) >= 11 is 8.02. The van der Waals surface area contributed by atoms with Gasteiger partial charge in [-0.25, -0.2) is 15.0 Å². The first-order valence-electron chi connectivity index (χ1n) is 12.4. The molecule has 3 aliphatic rings. The van der Waals surface area contributed by atoms with Crippen LogP contribution in [0.3, 0.4) is 0 Å². The standard InChI is InChI=1S/C25H34ClN5O4S/c1-15-17(3)35-12-24(15)5-8-31(9-6-24)22-18(10-32)30-23(16(2)29-22)36-19-4-7-27-21(20(19)26)28-11-25(33)13-34-14-25/h4,7,15,17,32-33H,5-6,8-14H2,1-3H3,(H,27,28)/t15-,17+/m1/s1. The van der Waals surface area contributed by atoms with Crippen LogP contribution in [-0.4, -0.2) is 76.3 Å². The summed E-state index contributed by atoms with van der Waals surface area (Å²) in [6, 6.07) is 1.82. The quantitative estimate of drug-likeness (QED) is 0.488. The van der Waals surface area contributed by atoms with Gasteiger partial charge in [0.05, 0.1) is 43.2 Å². The van der Waals surface area contributed by atoms with Gasteiger partial charge >= 0.3 is 0 Å². The molecule has 11 heteroatoms. The van der Waals surface area contributed by atoms with Crippen LogP contribution in [0.25, 0.3) is 0 Å². The summed E-state index contributed by atoms with van der Waals surface area (Å²) < 4.78 is 11.1. The number of aliphatic hydroxyl groups excluding tert-OH is 1. The number of rotatable bonds is 7. The molecule has 0 aromatic carbocycles. The molecular formula is C25H34ClN5O4S. The normalized spacial score (nSPS) is 24.7. The monoisotopic (exact) mass is 535 g/mol. The summed E-state index contributed by atoms with van der Waals surface area (Å²) in [6.07, 6.45) is 4.06. The lowest BCUT2D eigenvalue weighted by Gasteiger charge is -2.42. The average Bonchev–Trinajstić information content (AvgIpc) is 3.13. The minimum Gasteiger partial charge on any atom is -0.390 e. The summed E-state index contributed by atoms with van der Waals surface area (Å²) in [5.74, 6) is 1.79. The van der Waals surface area contributed by atoms with Gasteiger partial charge in [0.1, 0.15) is 22.1 Å². The molecule has 196 valence electrons. The number of nitrogens with one attached hydrogen (secondary N) is 1. The summed E-state index contributed by atoms with van der Waals surface area (Å²) in [5.41, 5.74) is 0.691. The minimum atomic E-state index is -0.892. The molecule has 0 radical (unpaired) electrons. The Morgan fingerprint density at radius 1 is 1.22 bits per heavy atom. The minimum absolute atomic E-state index is 0.189. The zero-order valence-electron chi connectivity index (χ0n) is 21.0. The number of aromatic nitrogens is 3. The third kappa shape index (κ3) is 4.91. The van der Waals surface area contributed by atoms with Gasteiger partial charge in [0.2, 0.25) is 0 Å². The van der Waals surface area contributed by atoms with E-state index in [0.29, 0.717) is 53.3 Å². The lowest BCUT2D eigenvalue weighted by atomic mass is 9.70. The summed E-state index contributed by atoms with van der Waals surface area (Å²) in [4.78, 5) is 17.0. The highest BCUT2D eigenvalue weighted by Gasteiger charge is 2.47. The van der Waals surface area contributed by atoms with Crippen LogP contribution in [0, 0.1) is 18.3 Å². The molecule has 9 nitrogen and oxygen atoms in total. The van der Waals surface area contributed by atoms with E-state index in [1.807, 2.05) is 13.0 Å². The Labute approximate surface area is 221 Å². The van der Waals surface area contributed by atoms with Crippen molar-refractivity contribution in [1.82, 2.24) is 15.0 Å². The fraction of sp³-hybridized carbons (Fsp3) is 0.640. The van der Waals surface area contributed by atoms with Gasteiger partial charge in [-0.15, -0.1) is 0 Å². The van der Waals surface area contributed by atoms with E-state index in [-0.39, 0.29) is 12.0 Å². The molecule has 3 aliphatic heterocycles. The van der Waals surface area contributed by atoms with E-state index in [4.69, 9.17) is 31.0 Å². The molecule has 3 saturated heterocycles. The number of aliphatic hydroxyl groups is 2. The number of piperidine rings is 1. The molecule has 0 saturated carbocycles. The number of ether oxygens (including phenoxy) is 2. The van der Waals surface area contributed by atoms with Gasteiger partial charge in [0.25, 0.3) is 0 Å². The molecule has 0 amide bonds. The van der Waals surface area contributed by atoms with E-state index in [1.165, 1.54) is 11.8 Å². The van der Waals surface area contributed by atoms with Gasteiger partial charge in [0, 0.05) is 36.1 Å². The van der Waals surface area contributed by atoms with E-state index >= 15 is 0 Å². The molecule has 2 aromatic rings. The molecule has 1 spiro atoms. The predicted octanol–water partition coefficient (Wildman–Crippen LogP) is 3.29. The zero-order valence-corrected chi connectivity index (χ0v) is 22.5. The Hall–Kier alpha value is -1.69. The second kappa shape index (κ2) is 10.2. The molecule has 0 bridgehead atoms. The highest BCUT2D eigenvalue weighted by Crippen LogP contribution is 2.47. The van der Waals surface area contributed by atoms with Gasteiger partial charge in [-0.2, -0.15) is 0 Å². The number of pyridine rings is 1. The Bertz CT molecular complexity index is 1110. The molecular weight excluding hydrogens is 502 g/mol. The van der Waals surface area contributed by atoms with Crippen LogP contribution in [0.5, 0.6) is 0 Å². The third-order valence-corrected chi connectivity index (χ3v) is 9.61. The Balaban J connectivity index is 1.31. The molecule has 5 rings (SSSR count). The number of hydrogen-bond acceptors (Lipinski definition) is 10. The number of hydrogen-bond donors (Lipinski definition) is 3. The maximum absolute atomic E-state index is 10.3. The summed E-state index contributed by atoms with van der Waals surface area (Å²) in [7, 11) is 0. The Morgan fingerprint density at radius 2 is 1.97 bits per heavy atom. The van der Waals surface area contributed by atoms with E-state index in [9.17, 15) is 10.2 Å². The van der Waals surface area contributed by atoms with Crippen molar-refractivity contribution >= 4 is 35.0 Å². The van der Waals surface area contributed by atoms with Crippen molar-refractivity contribution in [1.29, 1.82) is 0 Å². The molecule has 36 heavy (non-hydrogen) atoms. The van der Waals surface area contributed by atoms with Crippen molar-refractivity contribution in [2.45, 2.75) is 61.8 Å². The van der Waals surface area contributed by atoms with Crippen LogP contribution in [0.15, 0.2) is 22.2 Å². The number of aryl methyl sites for hydroxylation is 1. The molecule has 2 aromatic heterocycles. The van der Waals surface area contributed by atoms with Crippen molar-refractivity contribution < 1.29 is 19.7 Å². The van der Waals surface area contributed by atoms with Crippen LogP contribution in [0.2, 0.25) is 5.02 Å². The second-order valence-electron chi connectivity index (χ2n) is 10.3. The molecule has 5 heterocycles. The maximum atomic E-state index is 10.3. The fourth-order valence-electron chi connectivity index (χ4n) is 5.24. The SMILES string of the molecule is Cc1nc(N2CCC3(CC2)CO[C@@H](C)[C@H]3C)c(CO)nc1Sc1ccnc(NCC2(O)COC2)c1Cl. The molecule has 0 unspecified atom stereocenters. The molecule has 3 N–H and O–H groups in total. The number of nitrogens with zero attached hydrogens (tertiary/aromatic N) is 4. The lowest BCUT2D eigenvalue weighted by molar-refractivity contribution is -0.168. The van der Waals surface area contributed by atoms with E-state index in [1.54, 1.807) is 6.20 Å². The Kier molecular flexibility index (Phi) is 7.37. The average molecular weight is 536 g/mol. The van der Waals surface area contributed by atoms with Gasteiger partial charge in [0.15, 0.2) is 5.82 Å². The fourth-order valence-corrected chi connectivity index (χ4v) is 6.40. The second-order valence-corrected chi connectivity index (χ2v) is 11.7. The lowest BCUT2D eigenvalue weighted by Crippen LogP contribution is -2.54. The van der Waals surface area contributed by atoms with E-state index < -0.39 is 5.60 Å². The first-order chi connectivity index (χ1) is 17.2. The summed E-state index contributed by atoms with van der Waals surface area (Å²) in [6.45, 7) is 9.67. The molecule has 3 fully saturated rings. The third-order valence-electron chi connectivity index (χ3n) is 7.98. The first kappa shape index (κ1) is 25.9. The predicted molar refractivity (Wildman–Crippen MR) is 139 cm³/mol. The van der Waals surface area contributed by atoms with E-state index in [2.05, 4.69) is 29.0 Å². The highest BCUT2D eigenvalue weighted by molar-refractivity contribution is 7.99. The zero-order chi connectivity index (χ0) is 25.5.